The summed E-state index contributed by atoms with van der Waals surface area (Å²) in [6, 6.07) is 35.2. The second kappa shape index (κ2) is 14.8. The van der Waals surface area contributed by atoms with Crippen LogP contribution in [0.5, 0.6) is 0 Å². The minimum absolute atomic E-state index is 0.0824. The number of hydrogen-bond acceptors (Lipinski definition) is 6. The molecule has 0 aliphatic rings. The van der Waals surface area contributed by atoms with E-state index in [1.165, 1.54) is 23.1 Å². The summed E-state index contributed by atoms with van der Waals surface area (Å²) >= 11 is 2.72. The van der Waals surface area contributed by atoms with Crippen LogP contribution in [-0.2, 0) is 9.59 Å². The summed E-state index contributed by atoms with van der Waals surface area (Å²) in [7, 11) is 0. The third-order valence-corrected chi connectivity index (χ3v) is 8.56. The number of thiophene rings is 1. The van der Waals surface area contributed by atoms with E-state index in [0.717, 1.165) is 10.4 Å². The molecule has 5 N–H and O–H groups in total. The molecule has 45 heavy (non-hydrogen) atoms. The standard InChI is InChI=1S/C35H28N4O4S2/c36-32(40)28-18-7-8-19-29(28)38-35(43)31(23-11-3-1-4-12-23)45-27-16-9-15-25(21-27)37-34(42)30(22-26-17-10-20-44-26)39-33(41)24-13-5-2-6-14-24/h1-22,31H,(H2,36,40)(H,37,42)(H,38,43)(H,39,41)/b30-22+. The summed E-state index contributed by atoms with van der Waals surface area (Å²) in [6.07, 6.45) is 1.62. The molecular weight excluding hydrogens is 605 g/mol. The van der Waals surface area contributed by atoms with Crippen molar-refractivity contribution in [1.29, 1.82) is 0 Å². The van der Waals surface area contributed by atoms with Gasteiger partial charge in [-0.1, -0.05) is 72.8 Å². The van der Waals surface area contributed by atoms with Crippen LogP contribution in [0.15, 0.2) is 137 Å². The third-order valence-electron chi connectivity index (χ3n) is 6.50. The predicted molar refractivity (Wildman–Crippen MR) is 180 cm³/mol. The van der Waals surface area contributed by atoms with Crippen LogP contribution in [0.2, 0.25) is 0 Å². The van der Waals surface area contributed by atoms with E-state index < -0.39 is 23.0 Å². The summed E-state index contributed by atoms with van der Waals surface area (Å²) in [5.74, 6) is -1.91. The molecule has 1 unspecified atom stereocenters. The molecule has 0 bridgehead atoms. The van der Waals surface area contributed by atoms with Crippen molar-refractivity contribution in [1.82, 2.24) is 5.32 Å². The smallest absolute Gasteiger partial charge is 0.272 e. The molecule has 0 saturated carbocycles. The van der Waals surface area contributed by atoms with Crippen molar-refractivity contribution in [3.8, 4) is 0 Å². The average Bonchev–Trinajstić information content (AvgIpc) is 3.57. The molecule has 1 aromatic heterocycles. The van der Waals surface area contributed by atoms with E-state index in [1.54, 1.807) is 72.8 Å². The van der Waals surface area contributed by atoms with E-state index in [1.807, 2.05) is 60.0 Å². The largest absolute Gasteiger partial charge is 0.366 e. The maximum absolute atomic E-state index is 13.6. The lowest BCUT2D eigenvalue weighted by Gasteiger charge is -2.18. The van der Waals surface area contributed by atoms with Gasteiger partial charge < -0.3 is 21.7 Å². The summed E-state index contributed by atoms with van der Waals surface area (Å²) in [6.45, 7) is 0. The Morgan fingerprint density at radius 2 is 1.47 bits per heavy atom. The van der Waals surface area contributed by atoms with Gasteiger partial charge in [-0.05, 0) is 65.6 Å². The van der Waals surface area contributed by atoms with E-state index in [-0.39, 0.29) is 17.2 Å². The Hall–Kier alpha value is -5.45. The van der Waals surface area contributed by atoms with Crippen molar-refractivity contribution in [2.24, 2.45) is 5.73 Å². The number of carbonyl (C=O) groups excluding carboxylic acids is 4. The van der Waals surface area contributed by atoms with Crippen molar-refractivity contribution in [3.05, 3.63) is 154 Å². The van der Waals surface area contributed by atoms with E-state index in [9.17, 15) is 19.2 Å². The molecule has 5 rings (SSSR count). The second-order valence-corrected chi connectivity index (χ2v) is 11.8. The molecule has 0 aliphatic carbocycles. The van der Waals surface area contributed by atoms with Gasteiger partial charge in [0.05, 0.1) is 11.3 Å². The maximum atomic E-state index is 13.6. The zero-order valence-electron chi connectivity index (χ0n) is 23.8. The SMILES string of the molecule is NC(=O)c1ccccc1NC(=O)C(Sc1cccc(NC(=O)/C(=C\c2cccs2)NC(=O)c2ccccc2)c1)c1ccccc1. The van der Waals surface area contributed by atoms with Crippen molar-refractivity contribution in [2.75, 3.05) is 10.6 Å². The van der Waals surface area contributed by atoms with E-state index in [0.29, 0.717) is 21.8 Å². The molecule has 8 nitrogen and oxygen atoms in total. The lowest BCUT2D eigenvalue weighted by Crippen LogP contribution is -2.30. The molecule has 5 aromatic rings. The van der Waals surface area contributed by atoms with Crippen molar-refractivity contribution in [3.63, 3.8) is 0 Å². The van der Waals surface area contributed by atoms with Crippen LogP contribution in [0.4, 0.5) is 11.4 Å². The van der Waals surface area contributed by atoms with Gasteiger partial charge in [-0.15, -0.1) is 23.1 Å². The molecule has 0 aliphatic heterocycles. The first-order valence-corrected chi connectivity index (χ1v) is 15.6. The normalized spacial score (nSPS) is 11.7. The number of anilines is 2. The average molecular weight is 633 g/mol. The van der Waals surface area contributed by atoms with E-state index in [2.05, 4.69) is 16.0 Å². The molecule has 0 fully saturated rings. The van der Waals surface area contributed by atoms with Gasteiger partial charge in [-0.2, -0.15) is 0 Å². The summed E-state index contributed by atoms with van der Waals surface area (Å²) < 4.78 is 0. The second-order valence-electron chi connectivity index (χ2n) is 9.68. The van der Waals surface area contributed by atoms with Crippen LogP contribution < -0.4 is 21.7 Å². The monoisotopic (exact) mass is 632 g/mol. The molecule has 4 aromatic carbocycles. The Labute approximate surface area is 268 Å². The molecule has 4 amide bonds. The molecule has 1 heterocycles. The molecular formula is C35H28N4O4S2. The maximum Gasteiger partial charge on any atom is 0.272 e. The van der Waals surface area contributed by atoms with Gasteiger partial charge in [0, 0.05) is 21.0 Å². The van der Waals surface area contributed by atoms with Gasteiger partial charge in [-0.3, -0.25) is 19.2 Å². The molecule has 0 saturated heterocycles. The number of carbonyl (C=O) groups is 4. The Morgan fingerprint density at radius 1 is 0.756 bits per heavy atom. The quantitative estimate of drug-likeness (QED) is 0.0948. The molecule has 1 atom stereocenters. The Balaban J connectivity index is 1.37. The van der Waals surface area contributed by atoms with Crippen molar-refractivity contribution < 1.29 is 19.2 Å². The summed E-state index contributed by atoms with van der Waals surface area (Å²) in [5, 5.41) is 9.64. The lowest BCUT2D eigenvalue weighted by atomic mass is 10.1. The fourth-order valence-electron chi connectivity index (χ4n) is 4.35. The Kier molecular flexibility index (Phi) is 10.2. The summed E-state index contributed by atoms with van der Waals surface area (Å²) in [4.78, 5) is 53.4. The number of benzene rings is 4. The lowest BCUT2D eigenvalue weighted by molar-refractivity contribution is -0.116. The molecule has 0 radical (unpaired) electrons. The van der Waals surface area contributed by atoms with Crippen molar-refractivity contribution in [2.45, 2.75) is 10.1 Å². The number of rotatable bonds is 11. The highest BCUT2D eigenvalue weighted by molar-refractivity contribution is 8.00. The first kappa shape index (κ1) is 31.0. The number of thioether (sulfide) groups is 1. The zero-order valence-corrected chi connectivity index (χ0v) is 25.4. The van der Waals surface area contributed by atoms with Gasteiger partial charge in [0.2, 0.25) is 5.91 Å². The van der Waals surface area contributed by atoms with Crippen LogP contribution in [0, 0.1) is 0 Å². The number of para-hydroxylation sites is 1. The third kappa shape index (κ3) is 8.35. The minimum atomic E-state index is -0.697. The van der Waals surface area contributed by atoms with E-state index in [4.69, 9.17) is 5.73 Å². The topological polar surface area (TPSA) is 130 Å². The summed E-state index contributed by atoms with van der Waals surface area (Å²) in [5.41, 5.74) is 7.77. The molecule has 10 heteroatoms. The van der Waals surface area contributed by atoms with Gasteiger partial charge in [0.25, 0.3) is 17.7 Å². The Morgan fingerprint density at radius 3 is 2.18 bits per heavy atom. The minimum Gasteiger partial charge on any atom is -0.366 e. The van der Waals surface area contributed by atoms with Gasteiger partial charge in [-0.25, -0.2) is 0 Å². The predicted octanol–water partition coefficient (Wildman–Crippen LogP) is 6.73. The van der Waals surface area contributed by atoms with Gasteiger partial charge >= 0.3 is 0 Å². The van der Waals surface area contributed by atoms with Crippen LogP contribution in [0.3, 0.4) is 0 Å². The number of nitrogens with two attached hydrogens (primary N) is 1. The van der Waals surface area contributed by atoms with E-state index >= 15 is 0 Å². The van der Waals surface area contributed by atoms with Gasteiger partial charge in [0.15, 0.2) is 0 Å². The van der Waals surface area contributed by atoms with Crippen LogP contribution >= 0.6 is 23.1 Å². The number of primary amides is 1. The highest BCUT2D eigenvalue weighted by atomic mass is 32.2. The van der Waals surface area contributed by atoms with Crippen LogP contribution in [0.25, 0.3) is 6.08 Å². The number of hydrogen-bond donors (Lipinski definition) is 4. The van der Waals surface area contributed by atoms with Crippen LogP contribution in [-0.4, -0.2) is 23.6 Å². The highest BCUT2D eigenvalue weighted by Gasteiger charge is 2.24. The fourth-order valence-corrected chi connectivity index (χ4v) is 6.09. The highest BCUT2D eigenvalue weighted by Crippen LogP contribution is 2.37. The first-order chi connectivity index (χ1) is 21.9. The number of amides is 4. The first-order valence-electron chi connectivity index (χ1n) is 13.8. The molecule has 224 valence electrons. The molecule has 0 spiro atoms. The van der Waals surface area contributed by atoms with Gasteiger partial charge in [0.1, 0.15) is 10.9 Å². The van der Waals surface area contributed by atoms with Crippen LogP contribution in [0.1, 0.15) is 36.4 Å². The zero-order chi connectivity index (χ0) is 31.6. The van der Waals surface area contributed by atoms with Crippen molar-refractivity contribution >= 4 is 64.2 Å². The fraction of sp³-hybridized carbons (Fsp3) is 0.0286. The number of nitrogens with one attached hydrogen (secondary N) is 3. The Bertz CT molecular complexity index is 1840.